The number of carbonyl (C=O) groups excluding carboxylic acids is 1. The van der Waals surface area contributed by atoms with E-state index in [9.17, 15) is 4.79 Å². The zero-order chi connectivity index (χ0) is 19.0. The second-order valence-electron chi connectivity index (χ2n) is 7.27. The van der Waals surface area contributed by atoms with Crippen molar-refractivity contribution in [3.63, 3.8) is 0 Å². The van der Waals surface area contributed by atoms with Crippen LogP contribution in [0.1, 0.15) is 51.6 Å². The van der Waals surface area contributed by atoms with E-state index in [1.165, 1.54) is 0 Å². The van der Waals surface area contributed by atoms with Crippen LogP contribution < -0.4 is 21.1 Å². The summed E-state index contributed by atoms with van der Waals surface area (Å²) < 4.78 is 10.8. The summed E-state index contributed by atoms with van der Waals surface area (Å²) in [5.41, 5.74) is 6.64. The number of ether oxygens (including phenoxy) is 2. The van der Waals surface area contributed by atoms with Crippen LogP contribution in [0.3, 0.4) is 0 Å². The van der Waals surface area contributed by atoms with Crippen LogP contribution in [-0.2, 0) is 4.74 Å². The Morgan fingerprint density at radius 3 is 2.81 bits per heavy atom. The van der Waals surface area contributed by atoms with Gasteiger partial charge in [-0.15, -0.1) is 24.0 Å². The summed E-state index contributed by atoms with van der Waals surface area (Å²) in [6.45, 7) is 7.36. The third-order valence-corrected chi connectivity index (χ3v) is 3.82. The van der Waals surface area contributed by atoms with E-state index in [-0.39, 0.29) is 36.1 Å². The fourth-order valence-electron chi connectivity index (χ4n) is 2.66. The SMILES string of the molecule is CC(C)(C)OC(=O)NCCCCN=C(N)NC1CCOc2ccccc21.I. The second-order valence-corrected chi connectivity index (χ2v) is 7.27. The van der Waals surface area contributed by atoms with Crippen LogP contribution in [0.15, 0.2) is 29.3 Å². The second kappa shape index (κ2) is 11.2. The van der Waals surface area contributed by atoms with Crippen molar-refractivity contribution >= 4 is 36.0 Å². The number of aliphatic imine (C=N–C) groups is 1. The van der Waals surface area contributed by atoms with E-state index in [1.807, 2.05) is 45.0 Å². The molecule has 0 radical (unpaired) electrons. The maximum absolute atomic E-state index is 11.5. The molecule has 1 aromatic carbocycles. The standard InChI is InChI=1S/C19H30N4O3.HI/c1-19(2,3)26-18(24)22-12-7-6-11-21-17(20)23-15-10-13-25-16-9-5-4-8-14(15)16;/h4-5,8-9,15H,6-7,10-13H2,1-3H3,(H,22,24)(H3,20,21,23);1H. The van der Waals surface area contributed by atoms with E-state index < -0.39 is 5.60 Å². The molecule has 0 aromatic heterocycles. The zero-order valence-corrected chi connectivity index (χ0v) is 18.6. The fourth-order valence-corrected chi connectivity index (χ4v) is 2.66. The molecule has 4 N–H and O–H groups in total. The molecule has 0 bridgehead atoms. The Morgan fingerprint density at radius 1 is 1.33 bits per heavy atom. The first kappa shape index (κ1) is 23.3. The summed E-state index contributed by atoms with van der Waals surface area (Å²) in [7, 11) is 0. The first-order valence-electron chi connectivity index (χ1n) is 9.10. The van der Waals surface area contributed by atoms with Gasteiger partial charge in [0, 0.05) is 25.1 Å². The largest absolute Gasteiger partial charge is 0.493 e. The lowest BCUT2D eigenvalue weighted by molar-refractivity contribution is 0.0527. The molecule has 7 nitrogen and oxygen atoms in total. The van der Waals surface area contributed by atoms with E-state index >= 15 is 0 Å². The number of nitrogens with one attached hydrogen (secondary N) is 2. The molecule has 1 aliphatic rings. The van der Waals surface area contributed by atoms with E-state index in [2.05, 4.69) is 15.6 Å². The van der Waals surface area contributed by atoms with Crippen LogP contribution in [0.4, 0.5) is 4.79 Å². The number of nitrogens with zero attached hydrogens (tertiary/aromatic N) is 1. The molecule has 2 rings (SSSR count). The van der Waals surface area contributed by atoms with Crippen molar-refractivity contribution < 1.29 is 14.3 Å². The van der Waals surface area contributed by atoms with Gasteiger partial charge in [-0.05, 0) is 39.7 Å². The van der Waals surface area contributed by atoms with Gasteiger partial charge in [-0.3, -0.25) is 4.99 Å². The minimum atomic E-state index is -0.475. The Balaban J connectivity index is 0.00000364. The summed E-state index contributed by atoms with van der Waals surface area (Å²) in [5, 5.41) is 6.00. The van der Waals surface area contributed by atoms with Crippen molar-refractivity contribution in [2.75, 3.05) is 19.7 Å². The van der Waals surface area contributed by atoms with E-state index in [4.69, 9.17) is 15.2 Å². The highest BCUT2D eigenvalue weighted by atomic mass is 127. The molecule has 0 saturated heterocycles. The van der Waals surface area contributed by atoms with Gasteiger partial charge >= 0.3 is 6.09 Å². The molecule has 1 heterocycles. The number of unbranched alkanes of at least 4 members (excludes halogenated alkanes) is 1. The lowest BCUT2D eigenvalue weighted by Crippen LogP contribution is -2.37. The molecule has 0 aliphatic carbocycles. The molecule has 1 aliphatic heterocycles. The maximum Gasteiger partial charge on any atom is 0.407 e. The van der Waals surface area contributed by atoms with Crippen LogP contribution in [0, 0.1) is 0 Å². The summed E-state index contributed by atoms with van der Waals surface area (Å²) in [4.78, 5) is 15.9. The minimum absolute atomic E-state index is 0. The van der Waals surface area contributed by atoms with Crippen LogP contribution in [-0.4, -0.2) is 37.4 Å². The van der Waals surface area contributed by atoms with Gasteiger partial charge in [0.1, 0.15) is 11.4 Å². The first-order chi connectivity index (χ1) is 12.3. The molecule has 1 unspecified atom stereocenters. The number of benzene rings is 1. The number of hydrogen-bond acceptors (Lipinski definition) is 4. The Kier molecular flexibility index (Phi) is 9.68. The number of alkyl carbamates (subject to hydrolysis) is 1. The number of carbonyl (C=O) groups is 1. The molecule has 0 fully saturated rings. The van der Waals surface area contributed by atoms with Gasteiger partial charge in [0.2, 0.25) is 0 Å². The fraction of sp³-hybridized carbons (Fsp3) is 0.579. The zero-order valence-electron chi connectivity index (χ0n) is 16.3. The normalized spacial score (nSPS) is 16.4. The molecule has 0 saturated carbocycles. The highest BCUT2D eigenvalue weighted by molar-refractivity contribution is 14.0. The van der Waals surface area contributed by atoms with Crippen molar-refractivity contribution in [3.8, 4) is 5.75 Å². The van der Waals surface area contributed by atoms with Gasteiger partial charge in [0.05, 0.1) is 12.6 Å². The average Bonchev–Trinajstić information content (AvgIpc) is 2.57. The van der Waals surface area contributed by atoms with Crippen LogP contribution in [0.2, 0.25) is 0 Å². The number of rotatable bonds is 6. The van der Waals surface area contributed by atoms with Gasteiger partial charge in [-0.1, -0.05) is 18.2 Å². The molecule has 1 amide bonds. The van der Waals surface area contributed by atoms with Crippen molar-refractivity contribution in [3.05, 3.63) is 29.8 Å². The molecule has 1 aromatic rings. The van der Waals surface area contributed by atoms with Crippen molar-refractivity contribution in [1.29, 1.82) is 0 Å². The Morgan fingerprint density at radius 2 is 2.07 bits per heavy atom. The van der Waals surface area contributed by atoms with Gasteiger partial charge in [0.25, 0.3) is 0 Å². The Labute approximate surface area is 178 Å². The average molecular weight is 490 g/mol. The van der Waals surface area contributed by atoms with Crippen LogP contribution >= 0.6 is 24.0 Å². The van der Waals surface area contributed by atoms with E-state index in [0.29, 0.717) is 25.7 Å². The quantitative estimate of drug-likeness (QED) is 0.246. The third-order valence-electron chi connectivity index (χ3n) is 3.82. The number of hydrogen-bond donors (Lipinski definition) is 3. The summed E-state index contributed by atoms with van der Waals surface area (Å²) in [6, 6.07) is 8.09. The van der Waals surface area contributed by atoms with Crippen LogP contribution in [0.25, 0.3) is 0 Å². The van der Waals surface area contributed by atoms with Gasteiger partial charge < -0.3 is 25.8 Å². The lowest BCUT2D eigenvalue weighted by Gasteiger charge is -2.26. The van der Waals surface area contributed by atoms with Crippen molar-refractivity contribution in [2.24, 2.45) is 10.7 Å². The molecular weight excluding hydrogens is 459 g/mol. The number of amides is 1. The Hall–Kier alpha value is -1.71. The molecule has 152 valence electrons. The topological polar surface area (TPSA) is 98.0 Å². The molecule has 8 heteroatoms. The van der Waals surface area contributed by atoms with Crippen molar-refractivity contribution in [1.82, 2.24) is 10.6 Å². The van der Waals surface area contributed by atoms with Crippen LogP contribution in [0.5, 0.6) is 5.75 Å². The molecular formula is C19H31IN4O3. The van der Waals surface area contributed by atoms with Gasteiger partial charge in [0.15, 0.2) is 5.96 Å². The lowest BCUT2D eigenvalue weighted by atomic mass is 10.0. The molecule has 0 spiro atoms. The molecule has 1 atom stereocenters. The van der Waals surface area contributed by atoms with Gasteiger partial charge in [-0.25, -0.2) is 4.79 Å². The third kappa shape index (κ3) is 8.68. The summed E-state index contributed by atoms with van der Waals surface area (Å²) in [6.07, 6.45) is 2.12. The van der Waals surface area contributed by atoms with E-state index in [0.717, 1.165) is 30.6 Å². The number of nitrogens with two attached hydrogens (primary N) is 1. The minimum Gasteiger partial charge on any atom is -0.493 e. The number of guanidine groups is 1. The predicted octanol–water partition coefficient (Wildman–Crippen LogP) is 3.34. The summed E-state index contributed by atoms with van der Waals surface area (Å²) in [5.74, 6) is 1.34. The number of halogens is 1. The predicted molar refractivity (Wildman–Crippen MR) is 118 cm³/mol. The first-order valence-corrected chi connectivity index (χ1v) is 9.10. The van der Waals surface area contributed by atoms with Crippen molar-refractivity contribution in [2.45, 2.75) is 51.7 Å². The summed E-state index contributed by atoms with van der Waals surface area (Å²) >= 11 is 0. The number of para-hydroxylation sites is 1. The highest BCUT2D eigenvalue weighted by Gasteiger charge is 2.21. The maximum atomic E-state index is 11.5. The number of fused-ring (bicyclic) bond motifs is 1. The smallest absolute Gasteiger partial charge is 0.407 e. The monoisotopic (exact) mass is 490 g/mol. The Bertz CT molecular complexity index is 632. The molecule has 27 heavy (non-hydrogen) atoms. The van der Waals surface area contributed by atoms with Gasteiger partial charge in [-0.2, -0.15) is 0 Å². The van der Waals surface area contributed by atoms with E-state index in [1.54, 1.807) is 0 Å². The highest BCUT2D eigenvalue weighted by Crippen LogP contribution is 2.31.